The summed E-state index contributed by atoms with van der Waals surface area (Å²) in [6, 6.07) is 22.1. The number of aromatic carboxylic acids is 1. The van der Waals surface area contributed by atoms with Gasteiger partial charge in [0.2, 0.25) is 0 Å². The van der Waals surface area contributed by atoms with Gasteiger partial charge in [-0.15, -0.1) is 0 Å². The third kappa shape index (κ3) is 3.95. The monoisotopic (exact) mass is 331 g/mol. The summed E-state index contributed by atoms with van der Waals surface area (Å²) in [6.45, 7) is 0. The predicted molar refractivity (Wildman–Crippen MR) is 91.1 cm³/mol. The molecule has 0 aromatic heterocycles. The van der Waals surface area contributed by atoms with E-state index in [-0.39, 0.29) is 11.3 Å². The molecule has 0 unspecified atom stereocenters. The van der Waals surface area contributed by atoms with Gasteiger partial charge in [-0.05, 0) is 60.7 Å². The average molecular weight is 331 g/mol. The average Bonchev–Trinajstić information content (AvgIpc) is 2.64. The van der Waals surface area contributed by atoms with Gasteiger partial charge in [0.15, 0.2) is 0 Å². The van der Waals surface area contributed by atoms with Crippen LogP contribution in [0.2, 0.25) is 0 Å². The van der Waals surface area contributed by atoms with Crippen molar-refractivity contribution in [1.29, 1.82) is 5.26 Å². The van der Waals surface area contributed by atoms with E-state index in [0.717, 1.165) is 0 Å². The molecule has 3 rings (SSSR count). The second-order valence-corrected chi connectivity index (χ2v) is 5.11. The minimum absolute atomic E-state index is 0.0976. The first kappa shape index (κ1) is 16.1. The number of carboxylic acids is 1. The van der Waals surface area contributed by atoms with Crippen LogP contribution >= 0.6 is 0 Å². The molecule has 25 heavy (non-hydrogen) atoms. The number of rotatable bonds is 5. The Morgan fingerprint density at radius 1 is 0.800 bits per heavy atom. The van der Waals surface area contributed by atoms with Gasteiger partial charge in [0.25, 0.3) is 0 Å². The number of nitrogens with zero attached hydrogens (tertiary/aromatic N) is 1. The molecule has 0 heterocycles. The largest absolute Gasteiger partial charge is 0.478 e. The van der Waals surface area contributed by atoms with Gasteiger partial charge < -0.3 is 14.6 Å². The van der Waals surface area contributed by atoms with Crippen LogP contribution in [0.4, 0.5) is 0 Å². The Morgan fingerprint density at radius 3 is 1.88 bits per heavy atom. The SMILES string of the molecule is N#Cc1ccc(Oc2ccc(Oc3ccccc3C(=O)O)cc2)cc1. The van der Waals surface area contributed by atoms with E-state index in [1.165, 1.54) is 6.07 Å². The van der Waals surface area contributed by atoms with E-state index < -0.39 is 5.97 Å². The van der Waals surface area contributed by atoms with Gasteiger partial charge in [-0.3, -0.25) is 0 Å². The maximum Gasteiger partial charge on any atom is 0.339 e. The molecule has 0 aliphatic heterocycles. The molecule has 1 N–H and O–H groups in total. The lowest BCUT2D eigenvalue weighted by Crippen LogP contribution is -1.99. The normalized spacial score (nSPS) is 9.88. The van der Waals surface area contributed by atoms with Crippen LogP contribution in [0.15, 0.2) is 72.8 Å². The third-order valence-corrected chi connectivity index (χ3v) is 3.39. The van der Waals surface area contributed by atoms with E-state index in [2.05, 4.69) is 0 Å². The zero-order valence-electron chi connectivity index (χ0n) is 13.0. The smallest absolute Gasteiger partial charge is 0.339 e. The molecule has 122 valence electrons. The molecule has 0 fully saturated rings. The molecule has 0 amide bonds. The van der Waals surface area contributed by atoms with Crippen molar-refractivity contribution in [2.75, 3.05) is 0 Å². The highest BCUT2D eigenvalue weighted by Crippen LogP contribution is 2.28. The van der Waals surface area contributed by atoms with E-state index in [1.807, 2.05) is 6.07 Å². The van der Waals surface area contributed by atoms with E-state index in [0.29, 0.717) is 22.8 Å². The van der Waals surface area contributed by atoms with Crippen molar-refractivity contribution in [2.45, 2.75) is 0 Å². The third-order valence-electron chi connectivity index (χ3n) is 3.39. The van der Waals surface area contributed by atoms with Gasteiger partial charge in [0.1, 0.15) is 28.6 Å². The highest BCUT2D eigenvalue weighted by Gasteiger charge is 2.11. The highest BCUT2D eigenvalue weighted by molar-refractivity contribution is 5.90. The Labute approximate surface area is 144 Å². The first-order chi connectivity index (χ1) is 12.2. The highest BCUT2D eigenvalue weighted by atomic mass is 16.5. The fraction of sp³-hybridized carbons (Fsp3) is 0. The van der Waals surface area contributed by atoms with Crippen LogP contribution in [0.3, 0.4) is 0 Å². The number of carboxylic acid groups (broad SMARTS) is 1. The first-order valence-electron chi connectivity index (χ1n) is 7.44. The van der Waals surface area contributed by atoms with E-state index >= 15 is 0 Å². The molecule has 0 spiro atoms. The lowest BCUT2D eigenvalue weighted by molar-refractivity contribution is 0.0694. The summed E-state index contributed by atoms with van der Waals surface area (Å²) < 4.78 is 11.3. The van der Waals surface area contributed by atoms with E-state index in [4.69, 9.17) is 19.8 Å². The predicted octanol–water partition coefficient (Wildman–Crippen LogP) is 4.84. The zero-order chi connectivity index (χ0) is 17.6. The molecule has 0 atom stereocenters. The lowest BCUT2D eigenvalue weighted by atomic mass is 10.2. The van der Waals surface area contributed by atoms with E-state index in [9.17, 15) is 4.79 Å². The number of benzene rings is 3. The van der Waals surface area contributed by atoms with Crippen LogP contribution in [0.1, 0.15) is 15.9 Å². The molecule has 5 heteroatoms. The van der Waals surface area contributed by atoms with Crippen LogP contribution in [-0.2, 0) is 0 Å². The summed E-state index contributed by atoms with van der Waals surface area (Å²) in [7, 11) is 0. The Bertz CT molecular complexity index is 925. The summed E-state index contributed by atoms with van der Waals surface area (Å²) in [6.07, 6.45) is 0. The molecule has 5 nitrogen and oxygen atoms in total. The molecule has 0 saturated heterocycles. The molecular formula is C20H13NO4. The van der Waals surface area contributed by atoms with Gasteiger partial charge in [0, 0.05) is 0 Å². The minimum atomic E-state index is -1.05. The quantitative estimate of drug-likeness (QED) is 0.723. The fourth-order valence-electron chi connectivity index (χ4n) is 2.17. The van der Waals surface area contributed by atoms with Crippen LogP contribution in [-0.4, -0.2) is 11.1 Å². The summed E-state index contributed by atoms with van der Waals surface area (Å²) in [5.41, 5.74) is 0.661. The first-order valence-corrected chi connectivity index (χ1v) is 7.44. The number of ether oxygens (including phenoxy) is 2. The molecular weight excluding hydrogens is 318 g/mol. The topological polar surface area (TPSA) is 79.5 Å². The Kier molecular flexibility index (Phi) is 4.63. The van der Waals surface area contributed by atoms with Crippen LogP contribution in [0.25, 0.3) is 0 Å². The van der Waals surface area contributed by atoms with Crippen LogP contribution < -0.4 is 9.47 Å². The van der Waals surface area contributed by atoms with Crippen LogP contribution in [0, 0.1) is 11.3 Å². The zero-order valence-corrected chi connectivity index (χ0v) is 13.0. The van der Waals surface area contributed by atoms with Crippen molar-refractivity contribution in [1.82, 2.24) is 0 Å². The van der Waals surface area contributed by atoms with Gasteiger partial charge in [-0.2, -0.15) is 5.26 Å². The molecule has 3 aromatic carbocycles. The number of carbonyl (C=O) groups is 1. The van der Waals surface area contributed by atoms with Gasteiger partial charge in [0.05, 0.1) is 11.6 Å². The van der Waals surface area contributed by atoms with Gasteiger partial charge in [-0.1, -0.05) is 12.1 Å². The Morgan fingerprint density at radius 2 is 1.32 bits per heavy atom. The van der Waals surface area contributed by atoms with Gasteiger partial charge >= 0.3 is 5.97 Å². The van der Waals surface area contributed by atoms with Crippen molar-refractivity contribution in [3.8, 4) is 29.1 Å². The van der Waals surface area contributed by atoms with Crippen molar-refractivity contribution in [3.63, 3.8) is 0 Å². The van der Waals surface area contributed by atoms with Crippen LogP contribution in [0.5, 0.6) is 23.0 Å². The minimum Gasteiger partial charge on any atom is -0.478 e. The standard InChI is InChI=1S/C20H13NO4/c21-13-14-5-7-15(8-6-14)24-16-9-11-17(12-10-16)25-19-4-2-1-3-18(19)20(22)23/h1-12H,(H,22,23). The molecule has 0 bridgehead atoms. The lowest BCUT2D eigenvalue weighted by Gasteiger charge is -2.10. The Balaban J connectivity index is 1.72. The summed E-state index contributed by atoms with van der Waals surface area (Å²) in [4.78, 5) is 11.2. The second-order valence-electron chi connectivity index (χ2n) is 5.11. The van der Waals surface area contributed by atoms with E-state index in [1.54, 1.807) is 66.7 Å². The maximum atomic E-state index is 11.2. The molecule has 0 aliphatic rings. The van der Waals surface area contributed by atoms with Crippen molar-refractivity contribution in [2.24, 2.45) is 0 Å². The molecule has 0 aliphatic carbocycles. The number of hydrogen-bond donors (Lipinski definition) is 1. The number of hydrogen-bond acceptors (Lipinski definition) is 4. The van der Waals surface area contributed by atoms with Crippen molar-refractivity contribution >= 4 is 5.97 Å². The molecule has 0 saturated carbocycles. The number of para-hydroxylation sites is 1. The Hall–Kier alpha value is -3.78. The van der Waals surface area contributed by atoms with Crippen molar-refractivity contribution < 1.29 is 19.4 Å². The fourth-order valence-corrected chi connectivity index (χ4v) is 2.17. The van der Waals surface area contributed by atoms with Gasteiger partial charge in [-0.25, -0.2) is 4.79 Å². The summed E-state index contributed by atoms with van der Waals surface area (Å²) >= 11 is 0. The van der Waals surface area contributed by atoms with Crippen molar-refractivity contribution in [3.05, 3.63) is 83.9 Å². The summed E-state index contributed by atoms with van der Waals surface area (Å²) in [5.74, 6) is 0.945. The summed E-state index contributed by atoms with van der Waals surface area (Å²) in [5, 5.41) is 18.0. The number of nitriles is 1. The second kappa shape index (κ2) is 7.20. The maximum absolute atomic E-state index is 11.2. The molecule has 0 radical (unpaired) electrons. The molecule has 3 aromatic rings.